The minimum atomic E-state index is -0.306. The molecule has 2 rings (SSSR count). The molecular formula is C14H18N2O2S2. The monoisotopic (exact) mass is 310 g/mol. The van der Waals surface area contributed by atoms with E-state index in [9.17, 15) is 9.59 Å². The molecule has 1 aromatic carbocycles. The van der Waals surface area contributed by atoms with E-state index in [-0.39, 0.29) is 16.0 Å². The third-order valence-corrected chi connectivity index (χ3v) is 4.80. The summed E-state index contributed by atoms with van der Waals surface area (Å²) in [5.41, 5.74) is 0.116. The van der Waals surface area contributed by atoms with Crippen LogP contribution in [0.15, 0.2) is 33.9 Å². The number of para-hydroxylation sites is 1. The zero-order chi connectivity index (χ0) is 14.9. The van der Waals surface area contributed by atoms with Gasteiger partial charge in [0.05, 0.1) is 10.9 Å². The molecule has 1 heterocycles. The van der Waals surface area contributed by atoms with Crippen molar-refractivity contribution >= 4 is 36.2 Å². The molecular weight excluding hydrogens is 292 g/mol. The molecule has 2 aromatic rings. The van der Waals surface area contributed by atoms with Gasteiger partial charge >= 0.3 is 5.69 Å². The fourth-order valence-electron chi connectivity index (χ4n) is 2.09. The van der Waals surface area contributed by atoms with Crippen molar-refractivity contribution in [3.63, 3.8) is 0 Å². The molecule has 20 heavy (non-hydrogen) atoms. The van der Waals surface area contributed by atoms with Crippen LogP contribution in [-0.2, 0) is 13.6 Å². The van der Waals surface area contributed by atoms with Crippen LogP contribution in [0.1, 0.15) is 13.3 Å². The lowest BCUT2D eigenvalue weighted by molar-refractivity contribution is 0.523. The molecule has 0 spiro atoms. The maximum absolute atomic E-state index is 12.4. The smallest absolute Gasteiger partial charge is 0.296 e. The fraction of sp³-hybridized carbons (Fsp3) is 0.429. The minimum Gasteiger partial charge on any atom is -0.296 e. The second-order valence-electron chi connectivity index (χ2n) is 5.22. The highest BCUT2D eigenvalue weighted by Crippen LogP contribution is 2.20. The quantitative estimate of drug-likeness (QED) is 0.845. The Labute approximate surface area is 128 Å². The van der Waals surface area contributed by atoms with Gasteiger partial charge in [0.15, 0.2) is 0 Å². The highest BCUT2D eigenvalue weighted by molar-refractivity contribution is 7.85. The molecule has 0 fully saturated rings. The highest BCUT2D eigenvalue weighted by atomic mass is 32.1. The largest absolute Gasteiger partial charge is 0.331 e. The maximum Gasteiger partial charge on any atom is 0.331 e. The van der Waals surface area contributed by atoms with Gasteiger partial charge < -0.3 is 0 Å². The van der Waals surface area contributed by atoms with Crippen LogP contribution in [0.25, 0.3) is 10.9 Å². The van der Waals surface area contributed by atoms with Gasteiger partial charge in [0.1, 0.15) is 0 Å². The predicted molar refractivity (Wildman–Crippen MR) is 89.3 cm³/mol. The number of nitrogens with zero attached hydrogens (tertiary/aromatic N) is 2. The summed E-state index contributed by atoms with van der Waals surface area (Å²) in [6.07, 6.45) is 0.604. The predicted octanol–water partition coefficient (Wildman–Crippen LogP) is 1.71. The Morgan fingerprint density at radius 1 is 1.25 bits per heavy atom. The number of fused-ring (bicyclic) bond motifs is 1. The Balaban J connectivity index is 2.55. The first-order valence-electron chi connectivity index (χ1n) is 6.39. The van der Waals surface area contributed by atoms with Crippen LogP contribution in [0, 0.1) is 0 Å². The first-order valence-corrected chi connectivity index (χ1v) is 7.47. The summed E-state index contributed by atoms with van der Waals surface area (Å²) in [6.45, 7) is 2.29. The first-order chi connectivity index (χ1) is 9.37. The Morgan fingerprint density at radius 3 is 2.55 bits per heavy atom. The van der Waals surface area contributed by atoms with Gasteiger partial charge in [-0.15, -0.1) is 0 Å². The van der Waals surface area contributed by atoms with E-state index in [1.54, 1.807) is 25.2 Å². The molecule has 0 N–H and O–H groups in total. The van der Waals surface area contributed by atoms with E-state index in [4.69, 9.17) is 0 Å². The topological polar surface area (TPSA) is 44.0 Å². The summed E-state index contributed by atoms with van der Waals surface area (Å²) in [5, 5.41) is 0.557. The van der Waals surface area contributed by atoms with Crippen LogP contribution in [0.3, 0.4) is 0 Å². The summed E-state index contributed by atoms with van der Waals surface area (Å²) < 4.78 is 2.48. The summed E-state index contributed by atoms with van der Waals surface area (Å²) >= 11 is 8.72. The van der Waals surface area contributed by atoms with Crippen molar-refractivity contribution in [2.24, 2.45) is 7.05 Å². The van der Waals surface area contributed by atoms with Crippen molar-refractivity contribution < 1.29 is 0 Å². The van der Waals surface area contributed by atoms with E-state index in [1.807, 2.05) is 13.0 Å². The van der Waals surface area contributed by atoms with Crippen molar-refractivity contribution in [2.45, 2.75) is 24.6 Å². The SMILES string of the molecule is Cn1c(=O)n(CCC(C)(S)CS)c(=O)c2ccccc21. The van der Waals surface area contributed by atoms with Crippen molar-refractivity contribution in [3.8, 4) is 0 Å². The van der Waals surface area contributed by atoms with Crippen molar-refractivity contribution in [2.75, 3.05) is 5.75 Å². The third-order valence-electron chi connectivity index (χ3n) is 3.47. The van der Waals surface area contributed by atoms with E-state index >= 15 is 0 Å². The van der Waals surface area contributed by atoms with Gasteiger partial charge in [-0.05, 0) is 25.5 Å². The minimum absolute atomic E-state index is 0.244. The number of thiol groups is 2. The normalized spacial score (nSPS) is 14.4. The molecule has 1 unspecified atom stereocenters. The molecule has 0 bridgehead atoms. The van der Waals surface area contributed by atoms with Crippen LogP contribution >= 0.6 is 25.3 Å². The summed E-state index contributed by atoms with van der Waals surface area (Å²) in [5.74, 6) is 0.582. The van der Waals surface area contributed by atoms with Gasteiger partial charge in [-0.1, -0.05) is 12.1 Å². The van der Waals surface area contributed by atoms with Crippen LogP contribution in [-0.4, -0.2) is 19.6 Å². The summed E-state index contributed by atoms with van der Waals surface area (Å²) in [4.78, 5) is 24.7. The van der Waals surface area contributed by atoms with E-state index in [1.165, 1.54) is 9.13 Å². The fourth-order valence-corrected chi connectivity index (χ4v) is 2.35. The number of aromatic nitrogens is 2. The van der Waals surface area contributed by atoms with E-state index in [0.29, 0.717) is 29.6 Å². The third kappa shape index (κ3) is 2.81. The maximum atomic E-state index is 12.4. The lowest BCUT2D eigenvalue weighted by atomic mass is 10.1. The van der Waals surface area contributed by atoms with Crippen LogP contribution in [0.4, 0.5) is 0 Å². The van der Waals surface area contributed by atoms with Gasteiger partial charge in [0.2, 0.25) is 0 Å². The average molecular weight is 310 g/mol. The van der Waals surface area contributed by atoms with Gasteiger partial charge in [0.25, 0.3) is 5.56 Å². The molecule has 0 aliphatic rings. The van der Waals surface area contributed by atoms with Crippen LogP contribution in [0.2, 0.25) is 0 Å². The van der Waals surface area contributed by atoms with Crippen LogP contribution in [0.5, 0.6) is 0 Å². The van der Waals surface area contributed by atoms with Gasteiger partial charge in [-0.25, -0.2) is 4.79 Å². The molecule has 1 atom stereocenters. The van der Waals surface area contributed by atoms with Crippen molar-refractivity contribution in [3.05, 3.63) is 45.1 Å². The summed E-state index contributed by atoms with van der Waals surface area (Å²) in [7, 11) is 1.68. The number of benzene rings is 1. The van der Waals surface area contributed by atoms with Crippen LogP contribution < -0.4 is 11.2 Å². The van der Waals surface area contributed by atoms with Crippen molar-refractivity contribution in [1.29, 1.82) is 0 Å². The molecule has 0 saturated carbocycles. The molecule has 1 aromatic heterocycles. The number of rotatable bonds is 4. The number of hydrogen-bond acceptors (Lipinski definition) is 4. The molecule has 4 nitrogen and oxygen atoms in total. The Hall–Kier alpha value is -1.14. The molecule has 0 amide bonds. The second-order valence-corrected chi connectivity index (χ2v) is 6.62. The molecule has 108 valence electrons. The van der Waals surface area contributed by atoms with E-state index in [0.717, 1.165) is 0 Å². The summed E-state index contributed by atoms with van der Waals surface area (Å²) in [6, 6.07) is 7.14. The molecule has 0 saturated heterocycles. The first kappa shape index (κ1) is 15.3. The molecule has 0 aliphatic heterocycles. The van der Waals surface area contributed by atoms with Crippen molar-refractivity contribution in [1.82, 2.24) is 9.13 Å². The standard InChI is InChI=1S/C14H18N2O2S2/c1-14(20,9-19)7-8-16-12(17)10-5-3-4-6-11(10)15(2)13(16)18/h3-6,19-20H,7-9H2,1-2H3. The Kier molecular flexibility index (Phi) is 4.34. The number of hydrogen-bond donors (Lipinski definition) is 2. The lowest BCUT2D eigenvalue weighted by Gasteiger charge is -2.21. The Morgan fingerprint density at radius 2 is 1.90 bits per heavy atom. The molecule has 0 aliphatic carbocycles. The second kappa shape index (κ2) is 5.69. The molecule has 6 heteroatoms. The van der Waals surface area contributed by atoms with Gasteiger partial charge in [0, 0.05) is 24.1 Å². The van der Waals surface area contributed by atoms with E-state index < -0.39 is 0 Å². The lowest BCUT2D eigenvalue weighted by Crippen LogP contribution is -2.40. The zero-order valence-corrected chi connectivity index (χ0v) is 13.3. The average Bonchev–Trinajstić information content (AvgIpc) is 2.45. The Bertz CT molecular complexity index is 747. The number of aryl methyl sites for hydroxylation is 1. The van der Waals surface area contributed by atoms with Gasteiger partial charge in [-0.2, -0.15) is 25.3 Å². The van der Waals surface area contributed by atoms with E-state index in [2.05, 4.69) is 25.3 Å². The molecule has 0 radical (unpaired) electrons. The van der Waals surface area contributed by atoms with Gasteiger partial charge in [-0.3, -0.25) is 13.9 Å². The zero-order valence-electron chi connectivity index (χ0n) is 11.5. The highest BCUT2D eigenvalue weighted by Gasteiger charge is 2.18.